The monoisotopic (exact) mass is 426 g/mol. The minimum absolute atomic E-state index is 0.0124. The molecule has 3 rings (SSSR count). The summed E-state index contributed by atoms with van der Waals surface area (Å²) < 4.78 is 17.8. The molecule has 2 aromatic carbocycles. The number of rotatable bonds is 7. The number of piperidine rings is 1. The number of benzene rings is 2. The maximum absolute atomic E-state index is 13.2. The van der Waals surface area contributed by atoms with Gasteiger partial charge in [0, 0.05) is 37.7 Å². The summed E-state index contributed by atoms with van der Waals surface area (Å²) in [6, 6.07) is 15.1. The highest BCUT2D eigenvalue weighted by Crippen LogP contribution is 2.22. The number of nitrogens with zero attached hydrogens (tertiary/aromatic N) is 2. The van der Waals surface area contributed by atoms with Gasteiger partial charge in [0.25, 0.3) is 5.91 Å². The van der Waals surface area contributed by atoms with Crippen LogP contribution in [0.5, 0.6) is 0 Å². The standard InChI is InChI=1S/C24H27FN2O4/c1-31-22(28)13-16-27(17-18-5-3-2-4-6-18)24(30)20-11-14-26(15-12-20)23(29)19-7-9-21(25)10-8-19/h2-10,20H,11-17H2,1H3. The van der Waals surface area contributed by atoms with Crippen molar-refractivity contribution in [1.29, 1.82) is 0 Å². The van der Waals surface area contributed by atoms with Gasteiger partial charge >= 0.3 is 5.97 Å². The Morgan fingerprint density at radius 1 is 1.03 bits per heavy atom. The molecule has 0 radical (unpaired) electrons. The van der Waals surface area contributed by atoms with E-state index in [0.29, 0.717) is 38.0 Å². The zero-order valence-electron chi connectivity index (χ0n) is 17.6. The molecule has 0 spiro atoms. The van der Waals surface area contributed by atoms with E-state index in [-0.39, 0.29) is 42.5 Å². The van der Waals surface area contributed by atoms with Crippen LogP contribution in [0.4, 0.5) is 4.39 Å². The fourth-order valence-corrected chi connectivity index (χ4v) is 3.76. The largest absolute Gasteiger partial charge is 0.469 e. The van der Waals surface area contributed by atoms with Gasteiger partial charge in [-0.25, -0.2) is 4.39 Å². The Labute approximate surface area is 181 Å². The Morgan fingerprint density at radius 2 is 1.68 bits per heavy atom. The topological polar surface area (TPSA) is 66.9 Å². The zero-order valence-corrected chi connectivity index (χ0v) is 17.6. The molecule has 0 N–H and O–H groups in total. The molecule has 6 nitrogen and oxygen atoms in total. The second kappa shape index (κ2) is 10.7. The first-order valence-electron chi connectivity index (χ1n) is 10.4. The number of esters is 1. The summed E-state index contributed by atoms with van der Waals surface area (Å²) >= 11 is 0. The normalized spacial score (nSPS) is 14.2. The third-order valence-electron chi connectivity index (χ3n) is 5.56. The smallest absolute Gasteiger partial charge is 0.307 e. The van der Waals surface area contributed by atoms with Gasteiger partial charge in [-0.15, -0.1) is 0 Å². The first-order chi connectivity index (χ1) is 15.0. The maximum Gasteiger partial charge on any atom is 0.307 e. The number of hydrogen-bond acceptors (Lipinski definition) is 4. The maximum atomic E-state index is 13.2. The molecule has 31 heavy (non-hydrogen) atoms. The minimum atomic E-state index is -0.383. The van der Waals surface area contributed by atoms with Crippen molar-refractivity contribution < 1.29 is 23.5 Å². The molecule has 1 fully saturated rings. The molecule has 0 bridgehead atoms. The molecule has 1 aliphatic heterocycles. The van der Waals surface area contributed by atoms with Crippen LogP contribution in [0.15, 0.2) is 54.6 Å². The third-order valence-corrected chi connectivity index (χ3v) is 5.56. The summed E-state index contributed by atoms with van der Waals surface area (Å²) in [6.45, 7) is 1.63. The van der Waals surface area contributed by atoms with E-state index in [2.05, 4.69) is 0 Å². The lowest BCUT2D eigenvalue weighted by Crippen LogP contribution is -2.44. The summed E-state index contributed by atoms with van der Waals surface area (Å²) in [7, 11) is 1.33. The molecule has 0 saturated carbocycles. The SMILES string of the molecule is COC(=O)CCN(Cc1ccccc1)C(=O)C1CCN(C(=O)c2ccc(F)cc2)CC1. The average Bonchev–Trinajstić information content (AvgIpc) is 2.82. The number of methoxy groups -OCH3 is 1. The lowest BCUT2D eigenvalue weighted by atomic mass is 9.94. The highest BCUT2D eigenvalue weighted by Gasteiger charge is 2.31. The molecule has 1 saturated heterocycles. The van der Waals surface area contributed by atoms with Crippen LogP contribution in [-0.4, -0.2) is 54.3 Å². The summed E-state index contributed by atoms with van der Waals surface area (Å²) in [4.78, 5) is 40.9. The second-order valence-electron chi connectivity index (χ2n) is 7.64. The van der Waals surface area contributed by atoms with Crippen molar-refractivity contribution in [3.8, 4) is 0 Å². The van der Waals surface area contributed by atoms with E-state index in [9.17, 15) is 18.8 Å². The molecular weight excluding hydrogens is 399 g/mol. The van der Waals surface area contributed by atoms with Crippen molar-refractivity contribution in [3.05, 3.63) is 71.5 Å². The average molecular weight is 426 g/mol. The molecule has 0 atom stereocenters. The molecule has 1 heterocycles. The van der Waals surface area contributed by atoms with Gasteiger partial charge in [0.2, 0.25) is 5.91 Å². The minimum Gasteiger partial charge on any atom is -0.469 e. The molecular formula is C24H27FN2O4. The number of carbonyl (C=O) groups excluding carboxylic acids is 3. The number of amides is 2. The number of hydrogen-bond donors (Lipinski definition) is 0. The van der Waals surface area contributed by atoms with E-state index < -0.39 is 0 Å². The summed E-state index contributed by atoms with van der Waals surface area (Å²) in [5.74, 6) is -1.12. The summed E-state index contributed by atoms with van der Waals surface area (Å²) in [5.41, 5.74) is 1.43. The van der Waals surface area contributed by atoms with E-state index in [1.54, 1.807) is 9.80 Å². The van der Waals surface area contributed by atoms with E-state index >= 15 is 0 Å². The van der Waals surface area contributed by atoms with Crippen LogP contribution in [0.25, 0.3) is 0 Å². The van der Waals surface area contributed by atoms with Crippen LogP contribution in [-0.2, 0) is 20.9 Å². The van der Waals surface area contributed by atoms with Crippen molar-refractivity contribution in [3.63, 3.8) is 0 Å². The molecule has 1 aliphatic rings. The number of carbonyl (C=O) groups is 3. The Morgan fingerprint density at radius 3 is 2.29 bits per heavy atom. The highest BCUT2D eigenvalue weighted by atomic mass is 19.1. The summed E-state index contributed by atoms with van der Waals surface area (Å²) in [6.07, 6.45) is 1.24. The van der Waals surface area contributed by atoms with E-state index in [4.69, 9.17) is 4.74 Å². The predicted octanol–water partition coefficient (Wildman–Crippen LogP) is 3.27. The van der Waals surface area contributed by atoms with E-state index in [0.717, 1.165) is 5.56 Å². The van der Waals surface area contributed by atoms with Crippen LogP contribution >= 0.6 is 0 Å². The number of ether oxygens (including phenoxy) is 1. The van der Waals surface area contributed by atoms with Gasteiger partial charge in [0.1, 0.15) is 5.82 Å². The lowest BCUT2D eigenvalue weighted by molar-refractivity contribution is -0.143. The van der Waals surface area contributed by atoms with Crippen molar-refractivity contribution in [2.75, 3.05) is 26.7 Å². The van der Waals surface area contributed by atoms with Gasteiger partial charge < -0.3 is 14.5 Å². The van der Waals surface area contributed by atoms with Crippen molar-refractivity contribution in [1.82, 2.24) is 9.80 Å². The van der Waals surface area contributed by atoms with Gasteiger partial charge in [-0.05, 0) is 42.7 Å². The van der Waals surface area contributed by atoms with E-state index in [1.165, 1.54) is 31.4 Å². The van der Waals surface area contributed by atoms with Gasteiger partial charge in [-0.2, -0.15) is 0 Å². The number of likely N-dealkylation sites (tertiary alicyclic amines) is 1. The molecule has 0 aromatic heterocycles. The Kier molecular flexibility index (Phi) is 7.76. The van der Waals surface area contributed by atoms with Gasteiger partial charge in [0.15, 0.2) is 0 Å². The second-order valence-corrected chi connectivity index (χ2v) is 7.64. The van der Waals surface area contributed by atoms with Crippen LogP contribution < -0.4 is 0 Å². The van der Waals surface area contributed by atoms with Crippen LogP contribution in [0.1, 0.15) is 35.2 Å². The lowest BCUT2D eigenvalue weighted by Gasteiger charge is -2.34. The predicted molar refractivity (Wildman–Crippen MR) is 114 cm³/mol. The Bertz CT molecular complexity index is 894. The first-order valence-corrected chi connectivity index (χ1v) is 10.4. The van der Waals surface area contributed by atoms with Crippen molar-refractivity contribution in [2.24, 2.45) is 5.92 Å². The highest BCUT2D eigenvalue weighted by molar-refractivity contribution is 5.94. The number of halogens is 1. The van der Waals surface area contributed by atoms with Gasteiger partial charge in [-0.3, -0.25) is 14.4 Å². The Balaban J connectivity index is 1.61. The van der Waals surface area contributed by atoms with E-state index in [1.807, 2.05) is 30.3 Å². The van der Waals surface area contributed by atoms with Gasteiger partial charge in [0.05, 0.1) is 13.5 Å². The fraction of sp³-hybridized carbons (Fsp3) is 0.375. The van der Waals surface area contributed by atoms with Crippen molar-refractivity contribution in [2.45, 2.75) is 25.8 Å². The molecule has 0 aliphatic carbocycles. The zero-order chi connectivity index (χ0) is 22.2. The molecule has 0 unspecified atom stereocenters. The molecule has 7 heteroatoms. The first kappa shape index (κ1) is 22.5. The third kappa shape index (κ3) is 6.13. The van der Waals surface area contributed by atoms with Crippen LogP contribution in [0.2, 0.25) is 0 Å². The van der Waals surface area contributed by atoms with Crippen molar-refractivity contribution >= 4 is 17.8 Å². The fourth-order valence-electron chi connectivity index (χ4n) is 3.76. The van der Waals surface area contributed by atoms with Crippen LogP contribution in [0.3, 0.4) is 0 Å². The molecule has 2 aromatic rings. The molecule has 2 amide bonds. The van der Waals surface area contributed by atoms with Gasteiger partial charge in [-0.1, -0.05) is 30.3 Å². The molecule has 164 valence electrons. The summed E-state index contributed by atoms with van der Waals surface area (Å²) in [5, 5.41) is 0. The van der Waals surface area contributed by atoms with Crippen LogP contribution in [0, 0.1) is 11.7 Å². The Hall–Kier alpha value is -3.22. The quantitative estimate of drug-likeness (QED) is 0.638.